The number of carbonyl (C=O) groups excluding carboxylic acids is 2. The number of nitrogens with one attached hydrogen (secondary N) is 1. The van der Waals surface area contributed by atoms with Gasteiger partial charge in [0, 0.05) is 10.5 Å². The summed E-state index contributed by atoms with van der Waals surface area (Å²) in [5, 5.41) is 2.83. The quantitative estimate of drug-likeness (QED) is 0.802. The van der Waals surface area contributed by atoms with Crippen LogP contribution in [0, 0.1) is 0 Å². The van der Waals surface area contributed by atoms with Gasteiger partial charge in [0.1, 0.15) is 0 Å². The van der Waals surface area contributed by atoms with E-state index in [1.54, 1.807) is 23.9 Å². The highest BCUT2D eigenvalue weighted by Crippen LogP contribution is 2.37. The summed E-state index contributed by atoms with van der Waals surface area (Å²) in [4.78, 5) is 23.9. The SMILES string of the molecule is CCC1Sc2ccc(C(C)=O)cc2NC1=O. The Hall–Kier alpha value is -1.29. The zero-order valence-corrected chi connectivity index (χ0v) is 10.1. The van der Waals surface area contributed by atoms with Crippen LogP contribution in [0.1, 0.15) is 30.6 Å². The van der Waals surface area contributed by atoms with Crippen molar-refractivity contribution in [3.8, 4) is 0 Å². The minimum atomic E-state index is -0.0179. The summed E-state index contributed by atoms with van der Waals surface area (Å²) in [5.41, 5.74) is 1.39. The van der Waals surface area contributed by atoms with Crippen LogP contribution in [-0.4, -0.2) is 16.9 Å². The molecule has 1 aliphatic heterocycles. The van der Waals surface area contributed by atoms with Gasteiger partial charge in [-0.3, -0.25) is 9.59 Å². The molecule has 1 atom stereocenters. The molecule has 0 bridgehead atoms. The molecule has 1 aliphatic rings. The van der Waals surface area contributed by atoms with Crippen LogP contribution in [0.15, 0.2) is 23.1 Å². The van der Waals surface area contributed by atoms with Crippen molar-refractivity contribution in [1.29, 1.82) is 0 Å². The smallest absolute Gasteiger partial charge is 0.237 e. The van der Waals surface area contributed by atoms with Crippen LogP contribution >= 0.6 is 11.8 Å². The average Bonchev–Trinajstić information content (AvgIpc) is 2.27. The molecule has 16 heavy (non-hydrogen) atoms. The number of anilines is 1. The van der Waals surface area contributed by atoms with Gasteiger partial charge in [-0.1, -0.05) is 13.0 Å². The first-order valence-corrected chi connectivity index (χ1v) is 6.12. The first-order valence-electron chi connectivity index (χ1n) is 5.24. The number of Topliss-reactive ketones (excluding diaryl/α,β-unsaturated/α-hetero) is 1. The molecule has 0 radical (unpaired) electrons. The predicted octanol–water partition coefficient (Wildman–Crippen LogP) is 2.71. The zero-order chi connectivity index (χ0) is 11.7. The number of carbonyl (C=O) groups is 2. The third-order valence-electron chi connectivity index (χ3n) is 2.58. The molecule has 0 aromatic heterocycles. The molecule has 3 nitrogen and oxygen atoms in total. The number of amides is 1. The van der Waals surface area contributed by atoms with Crippen LogP contribution < -0.4 is 5.32 Å². The second-order valence-corrected chi connectivity index (χ2v) is 5.02. The lowest BCUT2D eigenvalue weighted by molar-refractivity contribution is -0.115. The molecule has 0 saturated heterocycles. The molecule has 4 heteroatoms. The van der Waals surface area contributed by atoms with Crippen molar-refractivity contribution in [2.45, 2.75) is 30.4 Å². The molecule has 0 aliphatic carbocycles. The Labute approximate surface area is 98.6 Å². The highest BCUT2D eigenvalue weighted by atomic mass is 32.2. The number of hydrogen-bond acceptors (Lipinski definition) is 3. The Bertz CT molecular complexity index is 456. The molecule has 1 amide bonds. The van der Waals surface area contributed by atoms with E-state index in [9.17, 15) is 9.59 Å². The van der Waals surface area contributed by atoms with E-state index in [2.05, 4.69) is 5.32 Å². The molecule has 2 rings (SSSR count). The number of benzene rings is 1. The zero-order valence-electron chi connectivity index (χ0n) is 9.24. The Morgan fingerprint density at radius 3 is 2.88 bits per heavy atom. The maximum absolute atomic E-state index is 11.7. The van der Waals surface area contributed by atoms with E-state index >= 15 is 0 Å². The maximum Gasteiger partial charge on any atom is 0.237 e. The van der Waals surface area contributed by atoms with Crippen molar-refractivity contribution in [2.24, 2.45) is 0 Å². The minimum absolute atomic E-state index is 0.0136. The summed E-state index contributed by atoms with van der Waals surface area (Å²) in [6, 6.07) is 5.45. The minimum Gasteiger partial charge on any atom is -0.324 e. The molecule has 1 aromatic rings. The lowest BCUT2D eigenvalue weighted by Gasteiger charge is -2.23. The Morgan fingerprint density at radius 2 is 2.25 bits per heavy atom. The number of thioether (sulfide) groups is 1. The fraction of sp³-hybridized carbons (Fsp3) is 0.333. The fourth-order valence-electron chi connectivity index (χ4n) is 1.64. The van der Waals surface area contributed by atoms with Crippen LogP contribution in [0.3, 0.4) is 0 Å². The van der Waals surface area contributed by atoms with Gasteiger partial charge in [-0.2, -0.15) is 0 Å². The summed E-state index contributed by atoms with van der Waals surface area (Å²) < 4.78 is 0. The number of rotatable bonds is 2. The number of hydrogen-bond donors (Lipinski definition) is 1. The molecule has 0 fully saturated rings. The topological polar surface area (TPSA) is 46.2 Å². The van der Waals surface area contributed by atoms with E-state index in [1.807, 2.05) is 13.0 Å². The standard InChI is InChI=1S/C12H13NO2S/c1-3-10-12(15)13-9-6-8(7(2)14)4-5-11(9)16-10/h4-6,10H,3H2,1-2H3,(H,13,15). The van der Waals surface area contributed by atoms with Gasteiger partial charge in [0.05, 0.1) is 10.9 Å². The number of fused-ring (bicyclic) bond motifs is 1. The summed E-state index contributed by atoms with van der Waals surface area (Å²) >= 11 is 1.56. The van der Waals surface area contributed by atoms with E-state index in [1.165, 1.54) is 6.92 Å². The Balaban J connectivity index is 2.36. The van der Waals surface area contributed by atoms with Gasteiger partial charge in [0.2, 0.25) is 5.91 Å². The van der Waals surface area contributed by atoms with E-state index in [-0.39, 0.29) is 16.9 Å². The summed E-state index contributed by atoms with van der Waals surface area (Å²) in [5.74, 6) is 0.0420. The largest absolute Gasteiger partial charge is 0.324 e. The Kier molecular flexibility index (Phi) is 3.01. The second kappa shape index (κ2) is 4.29. The molecule has 1 unspecified atom stereocenters. The molecule has 84 valence electrons. The second-order valence-electron chi connectivity index (χ2n) is 3.77. The maximum atomic E-state index is 11.7. The van der Waals surface area contributed by atoms with Crippen LogP contribution in [0.4, 0.5) is 5.69 Å². The first-order chi connectivity index (χ1) is 7.61. The van der Waals surface area contributed by atoms with Gasteiger partial charge in [-0.15, -0.1) is 11.8 Å². The predicted molar refractivity (Wildman–Crippen MR) is 65.0 cm³/mol. The molecular formula is C12H13NO2S. The normalized spacial score (nSPS) is 18.9. The third kappa shape index (κ3) is 1.97. The summed E-state index contributed by atoms with van der Waals surface area (Å²) in [7, 11) is 0. The average molecular weight is 235 g/mol. The molecular weight excluding hydrogens is 222 g/mol. The molecule has 0 saturated carbocycles. The van der Waals surface area contributed by atoms with Gasteiger partial charge in [-0.05, 0) is 25.5 Å². The van der Waals surface area contributed by atoms with Gasteiger partial charge in [-0.25, -0.2) is 0 Å². The molecule has 0 spiro atoms. The van der Waals surface area contributed by atoms with E-state index in [0.717, 1.165) is 17.0 Å². The molecule has 1 heterocycles. The van der Waals surface area contributed by atoms with Crippen molar-refractivity contribution in [1.82, 2.24) is 0 Å². The third-order valence-corrected chi connectivity index (χ3v) is 4.02. The molecule has 1 aromatic carbocycles. The van der Waals surface area contributed by atoms with Crippen molar-refractivity contribution >= 4 is 29.1 Å². The van der Waals surface area contributed by atoms with Gasteiger partial charge in [0.15, 0.2) is 5.78 Å². The first kappa shape index (κ1) is 11.2. The van der Waals surface area contributed by atoms with Crippen molar-refractivity contribution in [3.63, 3.8) is 0 Å². The van der Waals surface area contributed by atoms with Gasteiger partial charge >= 0.3 is 0 Å². The highest BCUT2D eigenvalue weighted by Gasteiger charge is 2.25. The highest BCUT2D eigenvalue weighted by molar-refractivity contribution is 8.01. The van der Waals surface area contributed by atoms with Crippen molar-refractivity contribution in [2.75, 3.05) is 5.32 Å². The van der Waals surface area contributed by atoms with Gasteiger partial charge in [0.25, 0.3) is 0 Å². The van der Waals surface area contributed by atoms with Crippen LogP contribution in [0.25, 0.3) is 0 Å². The van der Waals surface area contributed by atoms with Crippen LogP contribution in [0.5, 0.6) is 0 Å². The van der Waals surface area contributed by atoms with Crippen LogP contribution in [-0.2, 0) is 4.79 Å². The summed E-state index contributed by atoms with van der Waals surface area (Å²) in [6.45, 7) is 3.51. The molecule has 1 N–H and O–H groups in total. The van der Waals surface area contributed by atoms with E-state index < -0.39 is 0 Å². The summed E-state index contributed by atoms with van der Waals surface area (Å²) in [6.07, 6.45) is 0.810. The monoisotopic (exact) mass is 235 g/mol. The van der Waals surface area contributed by atoms with E-state index in [0.29, 0.717) is 5.56 Å². The fourth-order valence-corrected chi connectivity index (χ4v) is 2.66. The lowest BCUT2D eigenvalue weighted by atomic mass is 10.1. The van der Waals surface area contributed by atoms with Gasteiger partial charge < -0.3 is 5.32 Å². The van der Waals surface area contributed by atoms with Crippen molar-refractivity contribution in [3.05, 3.63) is 23.8 Å². The van der Waals surface area contributed by atoms with Crippen molar-refractivity contribution < 1.29 is 9.59 Å². The number of ketones is 1. The van der Waals surface area contributed by atoms with Crippen LogP contribution in [0.2, 0.25) is 0 Å². The van der Waals surface area contributed by atoms with E-state index in [4.69, 9.17) is 0 Å². The Morgan fingerprint density at radius 1 is 1.50 bits per heavy atom. The lowest BCUT2D eigenvalue weighted by Crippen LogP contribution is -2.28.